The molecule has 1 unspecified atom stereocenters. The van der Waals surface area contributed by atoms with Crippen molar-refractivity contribution in [2.75, 3.05) is 23.9 Å². The lowest BCUT2D eigenvalue weighted by Crippen LogP contribution is -2.36. The fourth-order valence-corrected chi connectivity index (χ4v) is 1.96. The largest absolute Gasteiger partial charge is 0.387 e. The molecule has 0 aliphatic heterocycles. The summed E-state index contributed by atoms with van der Waals surface area (Å²) in [4.78, 5) is 4.06. The van der Waals surface area contributed by atoms with Crippen LogP contribution < -0.4 is 5.32 Å². The normalized spacial score (nSPS) is 13.9. The highest BCUT2D eigenvalue weighted by molar-refractivity contribution is 7.98. The Bertz CT molecular complexity index is 387. The first-order valence-corrected chi connectivity index (χ1v) is 6.29. The number of nitriles is 1. The molecule has 0 fully saturated rings. The maximum atomic E-state index is 9.93. The van der Waals surface area contributed by atoms with Crippen molar-refractivity contribution in [2.24, 2.45) is 0 Å². The number of nitrogens with zero attached hydrogens (tertiary/aromatic N) is 2. The summed E-state index contributed by atoms with van der Waals surface area (Å²) >= 11 is 1.59. The van der Waals surface area contributed by atoms with Crippen LogP contribution in [0, 0.1) is 11.3 Å². The van der Waals surface area contributed by atoms with Gasteiger partial charge in [-0.05, 0) is 25.3 Å². The Balaban J connectivity index is 2.58. The SMILES string of the molecule is CSCC(C)(O)CNc1cccc(C#N)n1. The van der Waals surface area contributed by atoms with Crippen LogP contribution in [0.2, 0.25) is 0 Å². The maximum absolute atomic E-state index is 9.93. The summed E-state index contributed by atoms with van der Waals surface area (Å²) in [5.41, 5.74) is -0.404. The highest BCUT2D eigenvalue weighted by Gasteiger charge is 2.19. The minimum atomic E-state index is -0.774. The molecule has 4 nitrogen and oxygen atoms in total. The second-order valence-corrected chi connectivity index (χ2v) is 4.67. The monoisotopic (exact) mass is 237 g/mol. The van der Waals surface area contributed by atoms with Crippen LogP contribution in [0.4, 0.5) is 5.82 Å². The molecule has 0 aliphatic rings. The van der Waals surface area contributed by atoms with Gasteiger partial charge in [0.25, 0.3) is 0 Å². The molecule has 2 N–H and O–H groups in total. The minimum Gasteiger partial charge on any atom is -0.387 e. The maximum Gasteiger partial charge on any atom is 0.142 e. The molecule has 86 valence electrons. The third-order valence-corrected chi connectivity index (χ3v) is 2.88. The number of pyridine rings is 1. The van der Waals surface area contributed by atoms with E-state index in [9.17, 15) is 5.11 Å². The molecular weight excluding hydrogens is 222 g/mol. The summed E-state index contributed by atoms with van der Waals surface area (Å²) in [5.74, 6) is 1.26. The number of anilines is 1. The zero-order valence-electron chi connectivity index (χ0n) is 9.40. The molecular formula is C11H15N3OS. The molecule has 0 aromatic carbocycles. The number of nitrogens with one attached hydrogen (secondary N) is 1. The zero-order valence-corrected chi connectivity index (χ0v) is 10.2. The number of rotatable bonds is 5. The van der Waals surface area contributed by atoms with Gasteiger partial charge in [0.1, 0.15) is 17.6 Å². The third kappa shape index (κ3) is 4.09. The lowest BCUT2D eigenvalue weighted by Gasteiger charge is -2.22. The van der Waals surface area contributed by atoms with Gasteiger partial charge in [-0.1, -0.05) is 6.07 Å². The Kier molecular flexibility index (Phi) is 4.59. The summed E-state index contributed by atoms with van der Waals surface area (Å²) < 4.78 is 0. The molecule has 1 atom stereocenters. The average molecular weight is 237 g/mol. The Morgan fingerprint density at radius 1 is 1.62 bits per heavy atom. The second-order valence-electron chi connectivity index (χ2n) is 3.80. The fourth-order valence-electron chi connectivity index (χ4n) is 1.24. The van der Waals surface area contributed by atoms with E-state index in [1.807, 2.05) is 12.3 Å². The summed E-state index contributed by atoms with van der Waals surface area (Å²) in [6.45, 7) is 2.18. The van der Waals surface area contributed by atoms with Gasteiger partial charge in [0.2, 0.25) is 0 Å². The van der Waals surface area contributed by atoms with Crippen LogP contribution in [-0.2, 0) is 0 Å². The van der Waals surface area contributed by atoms with Crippen LogP contribution in [0.3, 0.4) is 0 Å². The van der Waals surface area contributed by atoms with E-state index in [0.29, 0.717) is 23.8 Å². The molecule has 0 saturated heterocycles. The molecule has 0 amide bonds. The summed E-state index contributed by atoms with van der Waals surface area (Å²) in [7, 11) is 0. The highest BCUT2D eigenvalue weighted by Crippen LogP contribution is 2.12. The third-order valence-electron chi connectivity index (χ3n) is 1.97. The van der Waals surface area contributed by atoms with Gasteiger partial charge in [-0.3, -0.25) is 0 Å². The van der Waals surface area contributed by atoms with Crippen molar-refractivity contribution in [3.05, 3.63) is 23.9 Å². The summed E-state index contributed by atoms with van der Waals surface area (Å²) in [5, 5.41) is 21.6. The molecule has 1 rings (SSSR count). The Hall–Kier alpha value is -1.25. The van der Waals surface area contributed by atoms with E-state index in [4.69, 9.17) is 5.26 Å². The number of aliphatic hydroxyl groups is 1. The van der Waals surface area contributed by atoms with Gasteiger partial charge in [0.05, 0.1) is 5.60 Å². The highest BCUT2D eigenvalue weighted by atomic mass is 32.2. The number of hydrogen-bond acceptors (Lipinski definition) is 5. The van der Waals surface area contributed by atoms with E-state index in [0.717, 1.165) is 0 Å². The van der Waals surface area contributed by atoms with Gasteiger partial charge in [-0.15, -0.1) is 0 Å². The number of hydrogen-bond donors (Lipinski definition) is 2. The predicted molar refractivity (Wildman–Crippen MR) is 66.4 cm³/mol. The molecule has 1 aromatic rings. The molecule has 0 aliphatic carbocycles. The molecule has 5 heteroatoms. The topological polar surface area (TPSA) is 68.9 Å². The standard InChI is InChI=1S/C11H15N3OS/c1-11(15,8-16-2)7-13-10-5-3-4-9(6-12)14-10/h3-5,15H,7-8H2,1-2H3,(H,13,14). The minimum absolute atomic E-state index is 0.370. The average Bonchev–Trinajstić information content (AvgIpc) is 2.27. The number of aromatic nitrogens is 1. The van der Waals surface area contributed by atoms with Crippen LogP contribution >= 0.6 is 11.8 Å². The molecule has 0 bridgehead atoms. The van der Waals surface area contributed by atoms with Crippen LogP contribution in [0.15, 0.2) is 18.2 Å². The van der Waals surface area contributed by atoms with E-state index in [-0.39, 0.29) is 0 Å². The van der Waals surface area contributed by atoms with E-state index >= 15 is 0 Å². The first kappa shape index (κ1) is 12.8. The van der Waals surface area contributed by atoms with Crippen molar-refractivity contribution in [3.63, 3.8) is 0 Å². The quantitative estimate of drug-likeness (QED) is 0.811. The van der Waals surface area contributed by atoms with Crippen molar-refractivity contribution in [1.82, 2.24) is 4.98 Å². The van der Waals surface area contributed by atoms with Gasteiger partial charge in [0.15, 0.2) is 0 Å². The van der Waals surface area contributed by atoms with Gasteiger partial charge >= 0.3 is 0 Å². The van der Waals surface area contributed by atoms with Crippen molar-refractivity contribution in [2.45, 2.75) is 12.5 Å². The Morgan fingerprint density at radius 3 is 3.00 bits per heavy atom. The van der Waals surface area contributed by atoms with Crippen LogP contribution in [0.25, 0.3) is 0 Å². The lowest BCUT2D eigenvalue weighted by molar-refractivity contribution is 0.0996. The fraction of sp³-hybridized carbons (Fsp3) is 0.455. The van der Waals surface area contributed by atoms with E-state index in [2.05, 4.69) is 10.3 Å². The predicted octanol–water partition coefficient (Wildman–Crippen LogP) is 1.48. The van der Waals surface area contributed by atoms with Crippen molar-refractivity contribution in [1.29, 1.82) is 5.26 Å². The van der Waals surface area contributed by atoms with Crippen molar-refractivity contribution < 1.29 is 5.11 Å². The smallest absolute Gasteiger partial charge is 0.142 e. The molecule has 1 heterocycles. The van der Waals surface area contributed by atoms with E-state index in [1.165, 1.54) is 0 Å². The molecule has 1 aromatic heterocycles. The first-order valence-electron chi connectivity index (χ1n) is 4.90. The Labute approximate surface area is 99.7 Å². The van der Waals surface area contributed by atoms with E-state index < -0.39 is 5.60 Å². The van der Waals surface area contributed by atoms with Gasteiger partial charge in [-0.2, -0.15) is 17.0 Å². The Morgan fingerprint density at radius 2 is 2.38 bits per heavy atom. The molecule has 0 radical (unpaired) electrons. The van der Waals surface area contributed by atoms with Gasteiger partial charge in [0, 0.05) is 12.3 Å². The summed E-state index contributed by atoms with van der Waals surface area (Å²) in [6.07, 6.45) is 1.95. The van der Waals surface area contributed by atoms with Crippen molar-refractivity contribution >= 4 is 17.6 Å². The van der Waals surface area contributed by atoms with Crippen LogP contribution in [-0.4, -0.2) is 34.2 Å². The van der Waals surface area contributed by atoms with Crippen molar-refractivity contribution in [3.8, 4) is 6.07 Å². The summed E-state index contributed by atoms with van der Waals surface area (Å²) in [6, 6.07) is 7.15. The van der Waals surface area contributed by atoms with Gasteiger partial charge < -0.3 is 10.4 Å². The van der Waals surface area contributed by atoms with E-state index in [1.54, 1.807) is 36.9 Å². The van der Waals surface area contributed by atoms with Crippen LogP contribution in [0.1, 0.15) is 12.6 Å². The van der Waals surface area contributed by atoms with Gasteiger partial charge in [-0.25, -0.2) is 4.98 Å². The second kappa shape index (κ2) is 5.73. The molecule has 0 spiro atoms. The first-order chi connectivity index (χ1) is 7.57. The molecule has 0 saturated carbocycles. The molecule has 16 heavy (non-hydrogen) atoms. The lowest BCUT2D eigenvalue weighted by atomic mass is 10.1. The number of thioether (sulfide) groups is 1. The van der Waals surface area contributed by atoms with Crippen LogP contribution in [0.5, 0.6) is 0 Å². The zero-order chi connectivity index (χ0) is 12.0.